The minimum Gasteiger partial charge on any atom is -0.493 e. The summed E-state index contributed by atoms with van der Waals surface area (Å²) >= 11 is 0. The van der Waals surface area contributed by atoms with Crippen LogP contribution in [0.25, 0.3) is 0 Å². The van der Waals surface area contributed by atoms with Gasteiger partial charge in [-0.2, -0.15) is 0 Å². The van der Waals surface area contributed by atoms with Crippen LogP contribution in [0.1, 0.15) is 22.9 Å². The van der Waals surface area contributed by atoms with Crippen LogP contribution in [0.15, 0.2) is 22.6 Å². The van der Waals surface area contributed by atoms with Crippen LogP contribution in [0.4, 0.5) is 0 Å². The smallest absolute Gasteiger partial charge is 0.199 e. The lowest BCUT2D eigenvalue weighted by molar-refractivity contribution is -0.107. The molecule has 0 aliphatic heterocycles. The summed E-state index contributed by atoms with van der Waals surface area (Å²) in [5, 5.41) is 0. The van der Waals surface area contributed by atoms with Gasteiger partial charge in [0.1, 0.15) is 12.0 Å². The zero-order chi connectivity index (χ0) is 14.5. The second-order valence-corrected chi connectivity index (χ2v) is 4.35. The largest absolute Gasteiger partial charge is 0.493 e. The minimum absolute atomic E-state index is 0.279. The summed E-state index contributed by atoms with van der Waals surface area (Å²) in [6, 6.07) is 5.66. The Bertz CT molecular complexity index is 604. The molecule has 0 bridgehead atoms. The summed E-state index contributed by atoms with van der Waals surface area (Å²) in [4.78, 5) is 14.9. The van der Waals surface area contributed by atoms with E-state index < -0.39 is 0 Å². The minimum atomic E-state index is 0.279. The van der Waals surface area contributed by atoms with Crippen LogP contribution in [0.2, 0.25) is 0 Å². The molecule has 2 aromatic rings. The average molecular weight is 275 g/mol. The molecular formula is C15H17NO4. The van der Waals surface area contributed by atoms with Crippen LogP contribution >= 0.6 is 0 Å². The number of aldehydes is 1. The van der Waals surface area contributed by atoms with Gasteiger partial charge in [-0.1, -0.05) is 6.07 Å². The average Bonchev–Trinajstić information content (AvgIpc) is 2.79. The van der Waals surface area contributed by atoms with E-state index in [0.29, 0.717) is 35.3 Å². The van der Waals surface area contributed by atoms with Crippen LogP contribution in [-0.2, 0) is 17.6 Å². The maximum Gasteiger partial charge on any atom is 0.199 e. The summed E-state index contributed by atoms with van der Waals surface area (Å²) in [7, 11) is 3.19. The normalized spacial score (nSPS) is 10.3. The molecule has 1 aromatic heterocycles. The highest BCUT2D eigenvalue weighted by atomic mass is 16.5. The number of aryl methyl sites for hydroxylation is 1. The van der Waals surface area contributed by atoms with E-state index in [0.717, 1.165) is 11.8 Å². The van der Waals surface area contributed by atoms with Crippen molar-refractivity contribution in [3.63, 3.8) is 0 Å². The van der Waals surface area contributed by atoms with E-state index >= 15 is 0 Å². The van der Waals surface area contributed by atoms with Gasteiger partial charge in [0.15, 0.2) is 17.4 Å². The quantitative estimate of drug-likeness (QED) is 0.757. The van der Waals surface area contributed by atoms with Crippen molar-refractivity contribution in [2.24, 2.45) is 0 Å². The first kappa shape index (κ1) is 14.1. The van der Waals surface area contributed by atoms with Crippen molar-refractivity contribution < 1.29 is 18.7 Å². The number of ether oxygens (including phenoxy) is 2. The molecule has 20 heavy (non-hydrogen) atoms. The van der Waals surface area contributed by atoms with E-state index in [-0.39, 0.29) is 6.42 Å². The highest BCUT2D eigenvalue weighted by Gasteiger charge is 2.11. The van der Waals surface area contributed by atoms with Crippen molar-refractivity contribution in [1.29, 1.82) is 0 Å². The number of methoxy groups -OCH3 is 2. The molecule has 1 aromatic carbocycles. The van der Waals surface area contributed by atoms with Gasteiger partial charge in [0.05, 0.1) is 19.9 Å². The fourth-order valence-corrected chi connectivity index (χ4v) is 2.00. The molecule has 1 heterocycles. The molecule has 0 amide bonds. The SMILES string of the molecule is COc1ccc(Cc2nc(CC=O)c(C)o2)cc1OC. The Morgan fingerprint density at radius 2 is 2.00 bits per heavy atom. The van der Waals surface area contributed by atoms with Gasteiger partial charge in [0.2, 0.25) is 0 Å². The zero-order valence-corrected chi connectivity index (χ0v) is 11.8. The summed E-state index contributed by atoms with van der Waals surface area (Å²) in [5.74, 6) is 2.63. The number of benzene rings is 1. The third kappa shape index (κ3) is 2.99. The predicted molar refractivity (Wildman–Crippen MR) is 73.4 cm³/mol. The van der Waals surface area contributed by atoms with Crippen molar-refractivity contribution in [1.82, 2.24) is 4.98 Å². The van der Waals surface area contributed by atoms with Crippen LogP contribution in [-0.4, -0.2) is 25.5 Å². The lowest BCUT2D eigenvalue weighted by atomic mass is 10.1. The summed E-state index contributed by atoms with van der Waals surface area (Å²) in [6.07, 6.45) is 1.65. The molecule has 0 atom stereocenters. The predicted octanol–water partition coefficient (Wildman–Crippen LogP) is 2.33. The van der Waals surface area contributed by atoms with Crippen LogP contribution < -0.4 is 9.47 Å². The molecule has 0 fully saturated rings. The van der Waals surface area contributed by atoms with Crippen molar-refractivity contribution in [3.05, 3.63) is 41.1 Å². The van der Waals surface area contributed by atoms with E-state index in [1.807, 2.05) is 25.1 Å². The number of carbonyl (C=O) groups excluding carboxylic acids is 1. The van der Waals surface area contributed by atoms with Gasteiger partial charge in [-0.25, -0.2) is 4.98 Å². The zero-order valence-electron chi connectivity index (χ0n) is 11.8. The molecule has 106 valence electrons. The standard InChI is InChI=1S/C15H17NO4/c1-10-12(6-7-17)16-15(20-10)9-11-4-5-13(18-2)14(8-11)19-3/h4-5,7-8H,6,9H2,1-3H3. The van der Waals surface area contributed by atoms with Gasteiger partial charge in [0, 0.05) is 12.8 Å². The molecule has 0 unspecified atom stereocenters. The van der Waals surface area contributed by atoms with Gasteiger partial charge in [-0.05, 0) is 24.6 Å². The van der Waals surface area contributed by atoms with Gasteiger partial charge >= 0.3 is 0 Å². The van der Waals surface area contributed by atoms with Gasteiger partial charge in [-0.15, -0.1) is 0 Å². The van der Waals surface area contributed by atoms with Crippen molar-refractivity contribution in [2.45, 2.75) is 19.8 Å². The van der Waals surface area contributed by atoms with Crippen LogP contribution in [0, 0.1) is 6.92 Å². The molecule has 0 radical (unpaired) electrons. The van der Waals surface area contributed by atoms with Gasteiger partial charge < -0.3 is 18.7 Å². The highest BCUT2D eigenvalue weighted by molar-refractivity contribution is 5.54. The maximum absolute atomic E-state index is 10.5. The third-order valence-corrected chi connectivity index (χ3v) is 3.02. The Morgan fingerprint density at radius 1 is 1.25 bits per heavy atom. The van der Waals surface area contributed by atoms with Crippen molar-refractivity contribution in [3.8, 4) is 11.5 Å². The van der Waals surface area contributed by atoms with E-state index in [1.54, 1.807) is 14.2 Å². The topological polar surface area (TPSA) is 61.6 Å². The van der Waals surface area contributed by atoms with Crippen molar-refractivity contribution in [2.75, 3.05) is 14.2 Å². The number of nitrogens with zero attached hydrogens (tertiary/aromatic N) is 1. The second kappa shape index (κ2) is 6.23. The van der Waals surface area contributed by atoms with Crippen LogP contribution in [0.3, 0.4) is 0 Å². The molecule has 0 aliphatic carbocycles. The van der Waals surface area contributed by atoms with E-state index in [2.05, 4.69) is 4.98 Å². The number of hydrogen-bond donors (Lipinski definition) is 0. The fourth-order valence-electron chi connectivity index (χ4n) is 2.00. The maximum atomic E-state index is 10.5. The lowest BCUT2D eigenvalue weighted by Gasteiger charge is -2.08. The first-order chi connectivity index (χ1) is 9.67. The highest BCUT2D eigenvalue weighted by Crippen LogP contribution is 2.28. The molecule has 0 aliphatic rings. The lowest BCUT2D eigenvalue weighted by Crippen LogP contribution is -1.94. The summed E-state index contributed by atoms with van der Waals surface area (Å²) in [5.41, 5.74) is 1.69. The monoisotopic (exact) mass is 275 g/mol. The van der Waals surface area contributed by atoms with E-state index in [1.165, 1.54) is 0 Å². The second-order valence-electron chi connectivity index (χ2n) is 4.35. The number of hydrogen-bond acceptors (Lipinski definition) is 5. The third-order valence-electron chi connectivity index (χ3n) is 3.02. The Hall–Kier alpha value is -2.30. The summed E-state index contributed by atoms with van der Waals surface area (Å²) < 4.78 is 16.0. The molecular weight excluding hydrogens is 258 g/mol. The summed E-state index contributed by atoms with van der Waals surface area (Å²) in [6.45, 7) is 1.81. The van der Waals surface area contributed by atoms with Crippen molar-refractivity contribution >= 4 is 6.29 Å². The fraction of sp³-hybridized carbons (Fsp3) is 0.333. The van der Waals surface area contributed by atoms with E-state index in [4.69, 9.17) is 13.9 Å². The number of oxazole rings is 1. The Labute approximate surface area is 117 Å². The van der Waals surface area contributed by atoms with E-state index in [9.17, 15) is 4.79 Å². The molecule has 5 nitrogen and oxygen atoms in total. The molecule has 0 saturated heterocycles. The number of carbonyl (C=O) groups is 1. The van der Waals surface area contributed by atoms with Gasteiger partial charge in [0.25, 0.3) is 0 Å². The molecule has 0 spiro atoms. The molecule has 0 N–H and O–H groups in total. The number of aromatic nitrogens is 1. The first-order valence-electron chi connectivity index (χ1n) is 6.27. The molecule has 2 rings (SSSR count). The Balaban J connectivity index is 2.21. The molecule has 5 heteroatoms. The Morgan fingerprint density at radius 3 is 2.65 bits per heavy atom. The molecule has 0 saturated carbocycles. The van der Waals surface area contributed by atoms with Crippen LogP contribution in [0.5, 0.6) is 11.5 Å². The van der Waals surface area contributed by atoms with Gasteiger partial charge in [-0.3, -0.25) is 0 Å². The first-order valence-corrected chi connectivity index (χ1v) is 6.27. The number of rotatable bonds is 6. The Kier molecular flexibility index (Phi) is 4.40.